The molecule has 0 aliphatic heterocycles. The van der Waals surface area contributed by atoms with E-state index in [-0.39, 0.29) is 0 Å². The van der Waals surface area contributed by atoms with E-state index in [1.807, 2.05) is 48.5 Å². The average Bonchev–Trinajstić information content (AvgIpc) is 3.81. The molecule has 2 aromatic carbocycles. The Hall–Kier alpha value is -2.92. The summed E-state index contributed by atoms with van der Waals surface area (Å²) in [5.74, 6) is 1.71. The van der Waals surface area contributed by atoms with Crippen molar-refractivity contribution in [1.29, 1.82) is 0 Å². The molecule has 8 nitrogen and oxygen atoms in total. The fourth-order valence-electron chi connectivity index (χ4n) is 5.57. The van der Waals surface area contributed by atoms with Gasteiger partial charge in [0.2, 0.25) is 0 Å². The molecular weight excluding hydrogens is 641 g/mol. The van der Waals surface area contributed by atoms with Crippen LogP contribution in [0.3, 0.4) is 0 Å². The van der Waals surface area contributed by atoms with Crippen molar-refractivity contribution in [3.05, 3.63) is 48.5 Å². The molecule has 0 amide bonds. The monoisotopic (exact) mass is 694 g/mol. The normalized spacial score (nSPS) is 11.3. The molecule has 2 heterocycles. The number of aliphatic hydroxyl groups excluding tert-OH is 2. The highest BCUT2D eigenvalue weighted by atomic mass is 32.1. The van der Waals surface area contributed by atoms with Gasteiger partial charge in [-0.05, 0) is 49.9 Å². The number of nitrogens with zero attached hydrogens (tertiary/aromatic N) is 4. The van der Waals surface area contributed by atoms with Crippen LogP contribution in [-0.2, 0) is 0 Å². The van der Waals surface area contributed by atoms with Crippen LogP contribution in [-0.4, -0.2) is 57.0 Å². The van der Waals surface area contributed by atoms with Gasteiger partial charge < -0.3 is 19.7 Å². The molecule has 10 heteroatoms. The van der Waals surface area contributed by atoms with Gasteiger partial charge in [0.15, 0.2) is 10.0 Å². The van der Waals surface area contributed by atoms with Crippen LogP contribution in [0.25, 0.3) is 31.2 Å². The minimum Gasteiger partial charge on any atom is -0.494 e. The van der Waals surface area contributed by atoms with Gasteiger partial charge in [0, 0.05) is 24.3 Å². The fraction of sp³-hybridized carbons (Fsp3) is 0.579. The lowest BCUT2D eigenvalue weighted by Gasteiger charge is -2.07. The van der Waals surface area contributed by atoms with E-state index in [0.717, 1.165) is 94.4 Å². The van der Waals surface area contributed by atoms with Gasteiger partial charge >= 0.3 is 0 Å². The second kappa shape index (κ2) is 23.4. The van der Waals surface area contributed by atoms with E-state index in [1.165, 1.54) is 99.7 Å². The van der Waals surface area contributed by atoms with E-state index in [0.29, 0.717) is 13.2 Å². The van der Waals surface area contributed by atoms with Crippen molar-refractivity contribution >= 4 is 22.7 Å². The van der Waals surface area contributed by atoms with E-state index < -0.39 is 0 Å². The van der Waals surface area contributed by atoms with Gasteiger partial charge in [0.25, 0.3) is 0 Å². The van der Waals surface area contributed by atoms with Crippen molar-refractivity contribution in [2.24, 2.45) is 0 Å². The van der Waals surface area contributed by atoms with Crippen LogP contribution in [0, 0.1) is 0 Å². The van der Waals surface area contributed by atoms with Crippen LogP contribution in [0.15, 0.2) is 48.5 Å². The maximum atomic E-state index is 8.86. The number of hydrogen-bond donors (Lipinski definition) is 2. The fourth-order valence-corrected chi connectivity index (χ4v) is 7.26. The number of aromatic nitrogens is 4. The predicted octanol–water partition coefficient (Wildman–Crippen LogP) is 10.2. The molecular formula is C38H54N4O4S2. The molecule has 2 N–H and O–H groups in total. The Morgan fingerprint density at radius 3 is 1.12 bits per heavy atom. The zero-order chi connectivity index (χ0) is 33.5. The van der Waals surface area contributed by atoms with Crippen molar-refractivity contribution in [3.8, 4) is 42.7 Å². The van der Waals surface area contributed by atoms with Gasteiger partial charge in [-0.15, -0.1) is 20.4 Å². The number of aliphatic hydroxyl groups is 2. The average molecular weight is 695 g/mol. The third-order valence-corrected chi connectivity index (χ3v) is 10.4. The topological polar surface area (TPSA) is 110 Å². The minimum atomic E-state index is 0.318. The second-order valence-corrected chi connectivity index (χ2v) is 14.3. The Bertz CT molecular complexity index is 1310. The number of unbranched alkanes of at least 4 members (excludes halogenated alkanes) is 16. The van der Waals surface area contributed by atoms with Crippen LogP contribution in [0.4, 0.5) is 0 Å². The lowest BCUT2D eigenvalue weighted by Crippen LogP contribution is -1.97. The molecule has 48 heavy (non-hydrogen) atoms. The van der Waals surface area contributed by atoms with E-state index in [4.69, 9.17) is 19.7 Å². The highest BCUT2D eigenvalue weighted by Gasteiger charge is 2.15. The Kier molecular flexibility index (Phi) is 18.5. The molecule has 0 radical (unpaired) electrons. The number of hydrogen-bond acceptors (Lipinski definition) is 10. The molecule has 0 bridgehead atoms. The van der Waals surface area contributed by atoms with Gasteiger partial charge in [0.05, 0.1) is 13.2 Å². The third kappa shape index (κ3) is 14.3. The first-order valence-electron chi connectivity index (χ1n) is 18.1. The molecule has 0 saturated heterocycles. The first-order chi connectivity index (χ1) is 23.8. The quantitative estimate of drug-likeness (QED) is 0.0594. The third-order valence-electron chi connectivity index (χ3n) is 8.34. The number of benzene rings is 2. The molecule has 0 saturated carbocycles. The van der Waals surface area contributed by atoms with Crippen molar-refractivity contribution in [1.82, 2.24) is 20.4 Å². The van der Waals surface area contributed by atoms with Crippen molar-refractivity contribution in [2.75, 3.05) is 26.4 Å². The van der Waals surface area contributed by atoms with E-state index in [1.54, 1.807) is 0 Å². The Labute approximate surface area is 295 Å². The molecule has 0 unspecified atom stereocenters. The first kappa shape index (κ1) is 37.9. The summed E-state index contributed by atoms with van der Waals surface area (Å²) in [6.45, 7) is 2.07. The molecule has 2 aromatic heterocycles. The maximum absolute atomic E-state index is 8.86. The maximum Gasteiger partial charge on any atom is 0.178 e. The smallest absolute Gasteiger partial charge is 0.178 e. The van der Waals surface area contributed by atoms with Gasteiger partial charge in [-0.3, -0.25) is 0 Å². The molecule has 0 atom stereocenters. The molecule has 0 spiro atoms. The minimum absolute atomic E-state index is 0.318. The Morgan fingerprint density at radius 1 is 0.417 bits per heavy atom. The number of rotatable bonds is 27. The lowest BCUT2D eigenvalue weighted by atomic mass is 10.1. The summed E-state index contributed by atoms with van der Waals surface area (Å²) in [5, 5.41) is 38.7. The van der Waals surface area contributed by atoms with Gasteiger partial charge in [0.1, 0.15) is 21.5 Å². The molecule has 0 aliphatic carbocycles. The van der Waals surface area contributed by atoms with Crippen LogP contribution >= 0.6 is 22.7 Å². The van der Waals surface area contributed by atoms with Gasteiger partial charge in [-0.1, -0.05) is 137 Å². The molecule has 4 aromatic rings. The van der Waals surface area contributed by atoms with Crippen LogP contribution in [0.1, 0.15) is 116 Å². The predicted molar refractivity (Wildman–Crippen MR) is 198 cm³/mol. The van der Waals surface area contributed by atoms with E-state index in [9.17, 15) is 0 Å². The number of ether oxygens (including phenoxy) is 2. The largest absolute Gasteiger partial charge is 0.494 e. The molecule has 4 rings (SSSR count). The summed E-state index contributed by atoms with van der Waals surface area (Å²) >= 11 is 3.03. The molecule has 262 valence electrons. The van der Waals surface area contributed by atoms with Crippen molar-refractivity contribution < 1.29 is 19.7 Å². The summed E-state index contributed by atoms with van der Waals surface area (Å²) in [6.07, 6.45) is 21.3. The summed E-state index contributed by atoms with van der Waals surface area (Å²) in [7, 11) is 0. The second-order valence-electron chi connectivity index (χ2n) is 12.4. The van der Waals surface area contributed by atoms with Crippen LogP contribution < -0.4 is 9.47 Å². The first-order valence-corrected chi connectivity index (χ1v) is 19.8. The SMILES string of the molecule is OCCCCCCCCCCCOc1cccc(-c2nnc(-c3nnc(-c4cccc(OCCCCCCCCCCCO)c4)s3)s2)c1. The zero-order valence-corrected chi connectivity index (χ0v) is 30.1. The Morgan fingerprint density at radius 2 is 0.750 bits per heavy atom. The summed E-state index contributed by atoms with van der Waals surface area (Å²) in [5.41, 5.74) is 1.97. The summed E-state index contributed by atoms with van der Waals surface area (Å²) < 4.78 is 12.1. The van der Waals surface area contributed by atoms with Gasteiger partial charge in [-0.25, -0.2) is 0 Å². The van der Waals surface area contributed by atoms with E-state index >= 15 is 0 Å². The lowest BCUT2D eigenvalue weighted by molar-refractivity contribution is 0.282. The van der Waals surface area contributed by atoms with Gasteiger partial charge in [-0.2, -0.15) is 0 Å². The van der Waals surface area contributed by atoms with Crippen molar-refractivity contribution in [3.63, 3.8) is 0 Å². The standard InChI is InChI=1S/C38H54N4O4S2/c43-25-15-11-7-3-1-5-9-13-17-27-45-33-23-19-21-31(29-33)35-39-41-37(47-35)38-42-40-36(48-38)32-22-20-24-34(30-32)46-28-18-14-10-6-2-4-8-12-16-26-44/h19-24,29-30,43-44H,1-18,25-28H2. The van der Waals surface area contributed by atoms with E-state index in [2.05, 4.69) is 20.4 Å². The molecule has 0 fully saturated rings. The Balaban J connectivity index is 1.16. The van der Waals surface area contributed by atoms with Crippen LogP contribution in [0.2, 0.25) is 0 Å². The summed E-state index contributed by atoms with van der Waals surface area (Å²) in [6, 6.07) is 16.2. The highest BCUT2D eigenvalue weighted by Crippen LogP contribution is 2.36. The summed E-state index contributed by atoms with van der Waals surface area (Å²) in [4.78, 5) is 0. The zero-order valence-electron chi connectivity index (χ0n) is 28.5. The highest BCUT2D eigenvalue weighted by molar-refractivity contribution is 7.24. The molecule has 0 aliphatic rings. The van der Waals surface area contributed by atoms with Crippen molar-refractivity contribution in [2.45, 2.75) is 116 Å². The van der Waals surface area contributed by atoms with Crippen LogP contribution in [0.5, 0.6) is 11.5 Å².